The van der Waals surface area contributed by atoms with Crippen LogP contribution in [0.2, 0.25) is 0 Å². The fourth-order valence-electron chi connectivity index (χ4n) is 2.68. The van der Waals surface area contributed by atoms with Crippen molar-refractivity contribution in [2.45, 2.75) is 0 Å². The van der Waals surface area contributed by atoms with Crippen LogP contribution in [-0.2, 0) is 9.53 Å². The van der Waals surface area contributed by atoms with Gasteiger partial charge in [-0.05, 0) is 59.7 Å². The number of carbonyl (C=O) groups is 3. The van der Waals surface area contributed by atoms with Gasteiger partial charge in [0.15, 0.2) is 5.78 Å². The molecule has 0 saturated carbocycles. The minimum Gasteiger partial charge on any atom is -0.465 e. The molecule has 0 N–H and O–H groups in total. The first kappa shape index (κ1) is 21.5. The van der Waals surface area contributed by atoms with Crippen LogP contribution in [0.3, 0.4) is 0 Å². The van der Waals surface area contributed by atoms with Crippen molar-refractivity contribution in [1.29, 1.82) is 0 Å². The van der Waals surface area contributed by atoms with E-state index in [0.717, 1.165) is 11.1 Å². The molecule has 5 heteroatoms. The third-order valence-corrected chi connectivity index (χ3v) is 4.33. The summed E-state index contributed by atoms with van der Waals surface area (Å²) in [5.41, 5.74) is 2.57. The number of methoxy groups -OCH3 is 1. The fraction of sp³-hybridized carbons (Fsp3) is 0.0385. The molecule has 0 saturated heterocycles. The summed E-state index contributed by atoms with van der Waals surface area (Å²) in [4.78, 5) is 35.7. The van der Waals surface area contributed by atoms with Crippen LogP contribution in [0.5, 0.6) is 5.75 Å². The monoisotopic (exact) mass is 412 g/mol. The van der Waals surface area contributed by atoms with Crippen molar-refractivity contribution in [2.24, 2.45) is 0 Å². The smallest absolute Gasteiger partial charge is 0.337 e. The summed E-state index contributed by atoms with van der Waals surface area (Å²) in [6.45, 7) is 0. The van der Waals surface area contributed by atoms with Gasteiger partial charge in [-0.2, -0.15) is 0 Å². The topological polar surface area (TPSA) is 69.7 Å². The van der Waals surface area contributed by atoms with E-state index in [-0.39, 0.29) is 5.78 Å². The lowest BCUT2D eigenvalue weighted by Gasteiger charge is -2.02. The van der Waals surface area contributed by atoms with Gasteiger partial charge >= 0.3 is 11.9 Å². The molecule has 3 aromatic carbocycles. The molecule has 3 rings (SSSR count). The Balaban J connectivity index is 1.57. The zero-order valence-electron chi connectivity index (χ0n) is 16.9. The molecule has 154 valence electrons. The zero-order chi connectivity index (χ0) is 22.1. The summed E-state index contributed by atoms with van der Waals surface area (Å²) in [5.74, 6) is -0.762. The van der Waals surface area contributed by atoms with Gasteiger partial charge in [0, 0.05) is 11.6 Å². The molecule has 3 aromatic rings. The largest absolute Gasteiger partial charge is 0.465 e. The molecule has 0 bridgehead atoms. The first-order chi connectivity index (χ1) is 15.0. The second-order valence-corrected chi connectivity index (χ2v) is 6.50. The molecule has 0 atom stereocenters. The third-order valence-electron chi connectivity index (χ3n) is 4.33. The molecule has 0 radical (unpaired) electrons. The van der Waals surface area contributed by atoms with E-state index >= 15 is 0 Å². The number of esters is 2. The Morgan fingerprint density at radius 3 is 1.90 bits per heavy atom. The molecule has 0 fully saturated rings. The Hall–Kier alpha value is -4.25. The molecule has 0 aliphatic heterocycles. The van der Waals surface area contributed by atoms with Gasteiger partial charge < -0.3 is 9.47 Å². The summed E-state index contributed by atoms with van der Waals surface area (Å²) in [7, 11) is 1.32. The van der Waals surface area contributed by atoms with Crippen LogP contribution < -0.4 is 4.74 Å². The maximum absolute atomic E-state index is 12.4. The Bertz CT molecular complexity index is 1110. The number of carbonyl (C=O) groups excluding carboxylic acids is 3. The first-order valence-electron chi connectivity index (χ1n) is 9.51. The molecule has 0 aliphatic rings. The van der Waals surface area contributed by atoms with E-state index in [4.69, 9.17) is 4.74 Å². The van der Waals surface area contributed by atoms with Crippen LogP contribution in [0.25, 0.3) is 12.2 Å². The Labute approximate surface area is 180 Å². The Morgan fingerprint density at radius 2 is 1.26 bits per heavy atom. The fourth-order valence-corrected chi connectivity index (χ4v) is 2.68. The van der Waals surface area contributed by atoms with Gasteiger partial charge in [0.1, 0.15) is 5.75 Å². The Morgan fingerprint density at radius 1 is 0.677 bits per heavy atom. The highest BCUT2D eigenvalue weighted by Gasteiger charge is 2.06. The van der Waals surface area contributed by atoms with Gasteiger partial charge in [-0.15, -0.1) is 0 Å². The summed E-state index contributed by atoms with van der Waals surface area (Å²) >= 11 is 0. The van der Waals surface area contributed by atoms with Gasteiger partial charge in [0.25, 0.3) is 0 Å². The van der Waals surface area contributed by atoms with Crippen LogP contribution >= 0.6 is 0 Å². The van der Waals surface area contributed by atoms with E-state index in [9.17, 15) is 14.4 Å². The minimum absolute atomic E-state index is 0.195. The standard InChI is InChI=1S/C26H20O5/c1-30-26(29)22-11-7-20(8-12-22)9-17-24(27)21-13-15-23(16-14-21)31-25(28)18-10-19-5-3-2-4-6-19/h2-18H,1H3. The van der Waals surface area contributed by atoms with E-state index in [1.54, 1.807) is 60.7 Å². The van der Waals surface area contributed by atoms with Crippen molar-refractivity contribution in [3.63, 3.8) is 0 Å². The van der Waals surface area contributed by atoms with E-state index in [0.29, 0.717) is 16.9 Å². The van der Waals surface area contributed by atoms with Crippen molar-refractivity contribution in [2.75, 3.05) is 7.11 Å². The predicted molar refractivity (Wildman–Crippen MR) is 119 cm³/mol. The number of hydrogen-bond donors (Lipinski definition) is 0. The zero-order valence-corrected chi connectivity index (χ0v) is 16.9. The summed E-state index contributed by atoms with van der Waals surface area (Å²) in [5, 5.41) is 0. The van der Waals surface area contributed by atoms with Crippen LogP contribution in [0, 0.1) is 0 Å². The summed E-state index contributed by atoms with van der Waals surface area (Å²) in [6.07, 6.45) is 6.12. The quantitative estimate of drug-likeness (QED) is 0.237. The lowest BCUT2D eigenvalue weighted by molar-refractivity contribution is -0.128. The van der Waals surface area contributed by atoms with E-state index in [1.807, 2.05) is 30.3 Å². The second kappa shape index (κ2) is 10.5. The molecule has 0 aromatic heterocycles. The van der Waals surface area contributed by atoms with Crippen LogP contribution in [0.15, 0.2) is 91.0 Å². The van der Waals surface area contributed by atoms with E-state index in [1.165, 1.54) is 19.3 Å². The van der Waals surface area contributed by atoms with Crippen LogP contribution in [0.4, 0.5) is 0 Å². The lowest BCUT2D eigenvalue weighted by Crippen LogP contribution is -2.04. The molecule has 0 spiro atoms. The number of hydrogen-bond acceptors (Lipinski definition) is 5. The number of allylic oxidation sites excluding steroid dienone is 1. The highest BCUT2D eigenvalue weighted by molar-refractivity contribution is 6.07. The van der Waals surface area contributed by atoms with Crippen molar-refractivity contribution in [3.05, 3.63) is 113 Å². The molecule has 0 aliphatic carbocycles. The predicted octanol–water partition coefficient (Wildman–Crippen LogP) is 4.99. The number of rotatable bonds is 7. The SMILES string of the molecule is COC(=O)c1ccc(C=CC(=O)c2ccc(OC(=O)C=Cc3ccccc3)cc2)cc1. The summed E-state index contributed by atoms with van der Waals surface area (Å²) in [6, 6.07) is 22.5. The Kier molecular flexibility index (Phi) is 7.27. The number of ether oxygens (including phenoxy) is 2. The van der Waals surface area contributed by atoms with E-state index in [2.05, 4.69) is 4.74 Å². The van der Waals surface area contributed by atoms with Gasteiger partial charge in [-0.1, -0.05) is 48.5 Å². The van der Waals surface area contributed by atoms with Crippen LogP contribution in [-0.4, -0.2) is 24.8 Å². The average molecular weight is 412 g/mol. The molecule has 0 amide bonds. The normalized spacial score (nSPS) is 10.9. The maximum atomic E-state index is 12.4. The highest BCUT2D eigenvalue weighted by Crippen LogP contribution is 2.15. The molecule has 31 heavy (non-hydrogen) atoms. The molecule has 5 nitrogen and oxygen atoms in total. The van der Waals surface area contributed by atoms with Crippen molar-refractivity contribution in [3.8, 4) is 5.75 Å². The summed E-state index contributed by atoms with van der Waals surface area (Å²) < 4.78 is 9.90. The highest BCUT2D eigenvalue weighted by atomic mass is 16.5. The van der Waals surface area contributed by atoms with Gasteiger partial charge in [0.2, 0.25) is 0 Å². The minimum atomic E-state index is -0.502. The first-order valence-corrected chi connectivity index (χ1v) is 9.51. The van der Waals surface area contributed by atoms with Gasteiger partial charge in [0.05, 0.1) is 12.7 Å². The molecular formula is C26H20O5. The number of benzene rings is 3. The van der Waals surface area contributed by atoms with Crippen molar-refractivity contribution >= 4 is 29.9 Å². The van der Waals surface area contributed by atoms with Crippen molar-refractivity contribution in [1.82, 2.24) is 0 Å². The lowest BCUT2D eigenvalue weighted by atomic mass is 10.1. The van der Waals surface area contributed by atoms with Gasteiger partial charge in [-0.3, -0.25) is 4.79 Å². The number of ketones is 1. The molecular weight excluding hydrogens is 392 g/mol. The average Bonchev–Trinajstić information content (AvgIpc) is 2.82. The van der Waals surface area contributed by atoms with Crippen LogP contribution in [0.1, 0.15) is 31.8 Å². The third kappa shape index (κ3) is 6.37. The van der Waals surface area contributed by atoms with Gasteiger partial charge in [-0.25, -0.2) is 9.59 Å². The van der Waals surface area contributed by atoms with Crippen molar-refractivity contribution < 1.29 is 23.9 Å². The maximum Gasteiger partial charge on any atom is 0.337 e. The molecule has 0 unspecified atom stereocenters. The molecule has 0 heterocycles. The second-order valence-electron chi connectivity index (χ2n) is 6.50. The van der Waals surface area contributed by atoms with E-state index < -0.39 is 11.9 Å².